The third-order valence-electron chi connectivity index (χ3n) is 2.78. The van der Waals surface area contributed by atoms with E-state index in [-0.39, 0.29) is 16.2 Å². The number of hydrogen-bond donors (Lipinski definition) is 2. The van der Waals surface area contributed by atoms with Crippen molar-refractivity contribution in [1.29, 1.82) is 0 Å². The fraction of sp³-hybridized carbons (Fsp3) is 0.0714. The molecule has 0 aliphatic rings. The van der Waals surface area contributed by atoms with Gasteiger partial charge < -0.3 is 11.1 Å². The minimum absolute atomic E-state index is 0.0499. The highest BCUT2D eigenvalue weighted by atomic mass is 79.9. The van der Waals surface area contributed by atoms with E-state index in [1.165, 1.54) is 0 Å². The lowest BCUT2D eigenvalue weighted by atomic mass is 10.1. The van der Waals surface area contributed by atoms with Gasteiger partial charge in [0.2, 0.25) is 0 Å². The number of nitrogens with one attached hydrogen (secondary N) is 1. The average Bonchev–Trinajstić information content (AvgIpc) is 2.38. The third-order valence-corrected chi connectivity index (χ3v) is 4.07. The van der Waals surface area contributed by atoms with Gasteiger partial charge in [-0.15, -0.1) is 0 Å². The summed E-state index contributed by atoms with van der Waals surface area (Å²) in [7, 11) is 0. The summed E-state index contributed by atoms with van der Waals surface area (Å²) in [5, 5.41) is 2.73. The molecule has 2 aromatic rings. The molecule has 0 heterocycles. The second-order valence-electron chi connectivity index (χ2n) is 4.24. The molecule has 104 valence electrons. The lowest BCUT2D eigenvalue weighted by Crippen LogP contribution is -2.11. The molecule has 0 aliphatic carbocycles. The lowest BCUT2D eigenvalue weighted by molar-refractivity contribution is 0.590. The van der Waals surface area contributed by atoms with E-state index < -0.39 is 11.6 Å². The molecule has 2 rings (SSSR count). The van der Waals surface area contributed by atoms with Gasteiger partial charge in [0.1, 0.15) is 22.3 Å². The smallest absolute Gasteiger partial charge is 0.150 e. The van der Waals surface area contributed by atoms with E-state index in [9.17, 15) is 8.78 Å². The zero-order chi connectivity index (χ0) is 14.9. The Labute approximate surface area is 129 Å². The quantitative estimate of drug-likeness (QED) is 0.799. The fourth-order valence-electron chi connectivity index (χ4n) is 1.71. The number of rotatable bonds is 3. The Hall–Kier alpha value is -1.53. The standard InChI is InChI=1S/C14H11BrF2N2S/c1-7-3-2-4-11(12(7)15)19-13-9(16)5-8(14(18)20)6-10(13)17/h2-6,19H,1H3,(H2,18,20). The molecule has 0 atom stereocenters. The van der Waals surface area contributed by atoms with Crippen molar-refractivity contribution in [3.05, 3.63) is 57.6 Å². The van der Waals surface area contributed by atoms with E-state index in [4.69, 9.17) is 18.0 Å². The van der Waals surface area contributed by atoms with E-state index in [2.05, 4.69) is 21.2 Å². The molecule has 6 heteroatoms. The molecule has 0 amide bonds. The van der Waals surface area contributed by atoms with Crippen LogP contribution in [0.2, 0.25) is 0 Å². The van der Waals surface area contributed by atoms with Gasteiger partial charge in [-0.3, -0.25) is 0 Å². The van der Waals surface area contributed by atoms with Crippen LogP contribution in [0, 0.1) is 18.6 Å². The molecule has 0 spiro atoms. The molecule has 2 aromatic carbocycles. The summed E-state index contributed by atoms with van der Waals surface area (Å²) in [5.41, 5.74) is 6.81. The fourth-order valence-corrected chi connectivity index (χ4v) is 2.19. The van der Waals surface area contributed by atoms with Gasteiger partial charge in [0.05, 0.1) is 5.69 Å². The molecular formula is C14H11BrF2N2S. The van der Waals surface area contributed by atoms with Crippen molar-refractivity contribution in [2.24, 2.45) is 5.73 Å². The number of anilines is 2. The van der Waals surface area contributed by atoms with Crippen LogP contribution in [0.5, 0.6) is 0 Å². The van der Waals surface area contributed by atoms with E-state index >= 15 is 0 Å². The summed E-state index contributed by atoms with van der Waals surface area (Å²) in [6.07, 6.45) is 0. The minimum Gasteiger partial charge on any atom is -0.389 e. The van der Waals surface area contributed by atoms with Crippen molar-refractivity contribution in [2.75, 3.05) is 5.32 Å². The molecule has 0 saturated carbocycles. The maximum atomic E-state index is 14.0. The van der Waals surface area contributed by atoms with Gasteiger partial charge in [-0.05, 0) is 46.6 Å². The van der Waals surface area contributed by atoms with Crippen molar-refractivity contribution in [1.82, 2.24) is 0 Å². The Morgan fingerprint density at radius 3 is 2.40 bits per heavy atom. The first kappa shape index (κ1) is 14.9. The SMILES string of the molecule is Cc1cccc(Nc2c(F)cc(C(N)=S)cc2F)c1Br. The maximum Gasteiger partial charge on any atom is 0.150 e. The van der Waals surface area contributed by atoms with Gasteiger partial charge in [0.25, 0.3) is 0 Å². The van der Waals surface area contributed by atoms with Crippen LogP contribution in [0.25, 0.3) is 0 Å². The van der Waals surface area contributed by atoms with Crippen LogP contribution in [-0.2, 0) is 0 Å². The summed E-state index contributed by atoms with van der Waals surface area (Å²) in [4.78, 5) is -0.0499. The first-order valence-corrected chi connectivity index (χ1v) is 6.91. The number of halogens is 3. The molecule has 2 nitrogen and oxygen atoms in total. The highest BCUT2D eigenvalue weighted by Gasteiger charge is 2.14. The second kappa shape index (κ2) is 5.85. The molecule has 0 radical (unpaired) electrons. The maximum absolute atomic E-state index is 14.0. The number of hydrogen-bond acceptors (Lipinski definition) is 2. The summed E-state index contributed by atoms with van der Waals surface area (Å²) in [6.45, 7) is 1.89. The van der Waals surface area contributed by atoms with Crippen molar-refractivity contribution >= 4 is 44.5 Å². The van der Waals surface area contributed by atoms with Gasteiger partial charge >= 0.3 is 0 Å². The Morgan fingerprint density at radius 1 is 1.25 bits per heavy atom. The Balaban J connectivity index is 2.44. The van der Waals surface area contributed by atoms with Crippen LogP contribution >= 0.6 is 28.1 Å². The average molecular weight is 357 g/mol. The molecule has 0 fully saturated rings. The molecule has 0 aromatic heterocycles. The summed E-state index contributed by atoms with van der Waals surface area (Å²) in [5.74, 6) is -1.50. The Morgan fingerprint density at radius 2 is 1.85 bits per heavy atom. The van der Waals surface area contributed by atoms with Crippen LogP contribution in [-0.4, -0.2) is 4.99 Å². The summed E-state index contributed by atoms with van der Waals surface area (Å²) >= 11 is 8.09. The molecular weight excluding hydrogens is 346 g/mol. The highest BCUT2D eigenvalue weighted by molar-refractivity contribution is 9.10. The lowest BCUT2D eigenvalue weighted by Gasteiger charge is -2.13. The van der Waals surface area contributed by atoms with Gasteiger partial charge in [-0.1, -0.05) is 24.4 Å². The van der Waals surface area contributed by atoms with Crippen LogP contribution in [0.15, 0.2) is 34.8 Å². The topological polar surface area (TPSA) is 38.0 Å². The van der Waals surface area contributed by atoms with E-state index in [0.717, 1.165) is 22.2 Å². The second-order valence-corrected chi connectivity index (χ2v) is 5.47. The van der Waals surface area contributed by atoms with E-state index in [0.29, 0.717) is 5.69 Å². The van der Waals surface area contributed by atoms with Gasteiger partial charge in [0.15, 0.2) is 0 Å². The number of aryl methyl sites for hydroxylation is 1. The largest absolute Gasteiger partial charge is 0.389 e. The summed E-state index contributed by atoms with van der Waals surface area (Å²) in [6, 6.07) is 7.62. The van der Waals surface area contributed by atoms with E-state index in [1.54, 1.807) is 12.1 Å². The molecule has 0 unspecified atom stereocenters. The van der Waals surface area contributed by atoms with Crippen LogP contribution in [0.1, 0.15) is 11.1 Å². The molecule has 20 heavy (non-hydrogen) atoms. The van der Waals surface area contributed by atoms with Crippen molar-refractivity contribution in [3.63, 3.8) is 0 Å². The molecule has 0 bridgehead atoms. The van der Waals surface area contributed by atoms with Gasteiger partial charge in [-0.25, -0.2) is 8.78 Å². The predicted molar refractivity (Wildman–Crippen MR) is 84.4 cm³/mol. The normalized spacial score (nSPS) is 10.4. The molecule has 3 N–H and O–H groups in total. The molecule has 0 saturated heterocycles. The number of nitrogens with two attached hydrogens (primary N) is 1. The van der Waals surface area contributed by atoms with Crippen LogP contribution < -0.4 is 11.1 Å². The predicted octanol–water partition coefficient (Wildman–Crippen LogP) is 4.41. The van der Waals surface area contributed by atoms with Crippen molar-refractivity contribution < 1.29 is 8.78 Å². The summed E-state index contributed by atoms with van der Waals surface area (Å²) < 4.78 is 28.7. The number of thiocarbonyl (C=S) groups is 1. The minimum atomic E-state index is -0.749. The zero-order valence-electron chi connectivity index (χ0n) is 10.5. The highest BCUT2D eigenvalue weighted by Crippen LogP contribution is 2.31. The van der Waals surface area contributed by atoms with Gasteiger partial charge in [0, 0.05) is 10.0 Å². The first-order valence-electron chi connectivity index (χ1n) is 5.71. The van der Waals surface area contributed by atoms with Crippen molar-refractivity contribution in [3.8, 4) is 0 Å². The zero-order valence-corrected chi connectivity index (χ0v) is 12.9. The Bertz CT molecular complexity index is 666. The van der Waals surface area contributed by atoms with Gasteiger partial charge in [-0.2, -0.15) is 0 Å². The van der Waals surface area contributed by atoms with Crippen molar-refractivity contribution in [2.45, 2.75) is 6.92 Å². The number of benzene rings is 2. The molecule has 0 aliphatic heterocycles. The van der Waals surface area contributed by atoms with Crippen LogP contribution in [0.4, 0.5) is 20.2 Å². The monoisotopic (exact) mass is 356 g/mol. The van der Waals surface area contributed by atoms with Crippen LogP contribution in [0.3, 0.4) is 0 Å². The first-order chi connectivity index (χ1) is 9.40. The van der Waals surface area contributed by atoms with E-state index in [1.807, 2.05) is 13.0 Å². The third kappa shape index (κ3) is 2.96. The Kier molecular flexibility index (Phi) is 4.35.